The Hall–Kier alpha value is -2.97. The van der Waals surface area contributed by atoms with E-state index < -0.39 is 5.91 Å². The molecular weight excluding hydrogens is 378 g/mol. The van der Waals surface area contributed by atoms with E-state index in [0.717, 1.165) is 6.42 Å². The van der Waals surface area contributed by atoms with Gasteiger partial charge in [0.15, 0.2) is 5.11 Å². The Morgan fingerprint density at radius 2 is 1.71 bits per heavy atom. The van der Waals surface area contributed by atoms with Crippen LogP contribution in [0.3, 0.4) is 0 Å². The number of hydrogen-bond acceptors (Lipinski definition) is 5. The maximum atomic E-state index is 12.6. The van der Waals surface area contributed by atoms with E-state index in [4.69, 9.17) is 22.1 Å². The highest BCUT2D eigenvalue weighted by atomic mass is 32.1. The molecular formula is C20H23N3O4S. The van der Waals surface area contributed by atoms with E-state index >= 15 is 0 Å². The summed E-state index contributed by atoms with van der Waals surface area (Å²) < 4.78 is 5.60. The number of rotatable bonds is 8. The number of nitrogens with one attached hydrogen (secondary N) is 3. The minimum Gasteiger partial charge on any atom is -0.493 e. The molecule has 0 aliphatic heterocycles. The molecule has 0 aliphatic carbocycles. The van der Waals surface area contributed by atoms with Gasteiger partial charge in [0, 0.05) is 6.54 Å². The molecule has 148 valence electrons. The summed E-state index contributed by atoms with van der Waals surface area (Å²) in [5.74, 6) is -0.288. The summed E-state index contributed by atoms with van der Waals surface area (Å²) in [6.45, 7) is 2.47. The van der Waals surface area contributed by atoms with Crippen molar-refractivity contribution in [3.05, 3.63) is 59.7 Å². The molecule has 0 aliphatic rings. The Labute approximate surface area is 169 Å². The number of aliphatic hydroxyl groups excluding tert-OH is 1. The Balaban J connectivity index is 2.07. The monoisotopic (exact) mass is 401 g/mol. The standard InChI is InChI=1S/C20H23N3O4S/c1-2-13-27-17-10-6-4-8-15(17)19(26)23-20(28)22-16-9-5-3-7-14(16)18(25)21-11-12-24/h3-10,24H,2,11-13H2,1H3,(H,21,25)(H2,22,23,26,28). The maximum absolute atomic E-state index is 12.6. The van der Waals surface area contributed by atoms with Gasteiger partial charge >= 0.3 is 0 Å². The van der Waals surface area contributed by atoms with Gasteiger partial charge in [-0.1, -0.05) is 31.2 Å². The summed E-state index contributed by atoms with van der Waals surface area (Å²) in [4.78, 5) is 24.7. The van der Waals surface area contributed by atoms with Crippen molar-refractivity contribution in [2.24, 2.45) is 0 Å². The van der Waals surface area contributed by atoms with E-state index in [1.807, 2.05) is 6.92 Å². The van der Waals surface area contributed by atoms with Gasteiger partial charge in [-0.2, -0.15) is 0 Å². The van der Waals surface area contributed by atoms with Crippen LogP contribution in [0.4, 0.5) is 5.69 Å². The summed E-state index contributed by atoms with van der Waals surface area (Å²) in [5, 5.41) is 17.0. The van der Waals surface area contributed by atoms with Crippen LogP contribution in [0.1, 0.15) is 34.1 Å². The van der Waals surface area contributed by atoms with Crippen LogP contribution in [0, 0.1) is 0 Å². The zero-order valence-electron chi connectivity index (χ0n) is 15.5. The third-order valence-electron chi connectivity index (χ3n) is 3.64. The molecule has 8 heteroatoms. The lowest BCUT2D eigenvalue weighted by atomic mass is 10.1. The van der Waals surface area contributed by atoms with Crippen LogP contribution in [0.5, 0.6) is 5.75 Å². The number of carbonyl (C=O) groups excluding carboxylic acids is 2. The van der Waals surface area contributed by atoms with Gasteiger partial charge in [0.2, 0.25) is 0 Å². The number of anilines is 1. The molecule has 0 spiro atoms. The average Bonchev–Trinajstić information content (AvgIpc) is 2.70. The molecule has 0 saturated carbocycles. The number of thiocarbonyl (C=S) groups is 1. The van der Waals surface area contributed by atoms with E-state index in [2.05, 4.69) is 16.0 Å². The second-order valence-electron chi connectivity index (χ2n) is 5.78. The van der Waals surface area contributed by atoms with Crippen LogP contribution < -0.4 is 20.7 Å². The van der Waals surface area contributed by atoms with Crippen molar-refractivity contribution in [2.45, 2.75) is 13.3 Å². The van der Waals surface area contributed by atoms with Crippen molar-refractivity contribution in [3.63, 3.8) is 0 Å². The molecule has 0 bridgehead atoms. The molecule has 2 aromatic rings. The van der Waals surface area contributed by atoms with Crippen molar-refractivity contribution in [1.82, 2.24) is 10.6 Å². The zero-order valence-corrected chi connectivity index (χ0v) is 16.3. The number of benzene rings is 2. The van der Waals surface area contributed by atoms with Gasteiger partial charge in [0.25, 0.3) is 11.8 Å². The topological polar surface area (TPSA) is 99.7 Å². The van der Waals surface area contributed by atoms with Gasteiger partial charge in [0.1, 0.15) is 5.75 Å². The minimum atomic E-state index is -0.411. The Morgan fingerprint density at radius 1 is 1.04 bits per heavy atom. The SMILES string of the molecule is CCCOc1ccccc1C(=O)NC(=S)Nc1ccccc1C(=O)NCCO. The van der Waals surface area contributed by atoms with Gasteiger partial charge in [-0.25, -0.2) is 0 Å². The quantitative estimate of drug-likeness (QED) is 0.507. The largest absolute Gasteiger partial charge is 0.493 e. The molecule has 28 heavy (non-hydrogen) atoms. The first-order valence-electron chi connectivity index (χ1n) is 8.89. The molecule has 0 saturated heterocycles. The first-order chi connectivity index (χ1) is 13.6. The Kier molecular flexibility index (Phi) is 8.38. The van der Waals surface area contributed by atoms with Gasteiger partial charge in [-0.15, -0.1) is 0 Å². The molecule has 0 fully saturated rings. The Bertz CT molecular complexity index is 842. The third kappa shape index (κ3) is 6.04. The zero-order chi connectivity index (χ0) is 20.4. The molecule has 2 rings (SSSR count). The second kappa shape index (κ2) is 11.0. The summed E-state index contributed by atoms with van der Waals surface area (Å²) >= 11 is 5.22. The average molecular weight is 401 g/mol. The lowest BCUT2D eigenvalue weighted by molar-refractivity contribution is 0.0944. The van der Waals surface area contributed by atoms with Crippen LogP contribution in [-0.4, -0.2) is 41.8 Å². The number of amides is 2. The number of carbonyl (C=O) groups is 2. The van der Waals surface area contributed by atoms with Gasteiger partial charge in [0.05, 0.1) is 30.0 Å². The van der Waals surface area contributed by atoms with Crippen molar-refractivity contribution in [3.8, 4) is 5.75 Å². The summed E-state index contributed by atoms with van der Waals surface area (Å²) in [5.41, 5.74) is 1.16. The molecule has 0 atom stereocenters. The second-order valence-corrected chi connectivity index (χ2v) is 6.19. The summed E-state index contributed by atoms with van der Waals surface area (Å²) in [7, 11) is 0. The van der Waals surface area contributed by atoms with Crippen molar-refractivity contribution < 1.29 is 19.4 Å². The molecule has 2 amide bonds. The predicted molar refractivity (Wildman–Crippen MR) is 112 cm³/mol. The fourth-order valence-electron chi connectivity index (χ4n) is 2.37. The highest BCUT2D eigenvalue weighted by molar-refractivity contribution is 7.80. The van der Waals surface area contributed by atoms with Gasteiger partial charge < -0.3 is 20.5 Å². The number of hydrogen-bond donors (Lipinski definition) is 4. The lowest BCUT2D eigenvalue weighted by Crippen LogP contribution is -2.35. The first kappa shape index (κ1) is 21.3. The smallest absolute Gasteiger partial charge is 0.261 e. The van der Waals surface area contributed by atoms with E-state index in [-0.39, 0.29) is 24.2 Å². The van der Waals surface area contributed by atoms with E-state index in [1.165, 1.54) is 0 Å². The molecule has 2 aromatic carbocycles. The number of para-hydroxylation sites is 2. The van der Waals surface area contributed by atoms with E-state index in [0.29, 0.717) is 29.2 Å². The van der Waals surface area contributed by atoms with E-state index in [9.17, 15) is 9.59 Å². The van der Waals surface area contributed by atoms with Gasteiger partial charge in [-0.3, -0.25) is 14.9 Å². The van der Waals surface area contributed by atoms with Crippen LogP contribution >= 0.6 is 12.2 Å². The number of ether oxygens (including phenoxy) is 1. The maximum Gasteiger partial charge on any atom is 0.261 e. The summed E-state index contributed by atoms with van der Waals surface area (Å²) in [6.07, 6.45) is 0.824. The molecule has 4 N–H and O–H groups in total. The van der Waals surface area contributed by atoms with Crippen LogP contribution in [0.15, 0.2) is 48.5 Å². The number of aliphatic hydroxyl groups is 1. The molecule has 0 aromatic heterocycles. The highest BCUT2D eigenvalue weighted by Crippen LogP contribution is 2.19. The summed E-state index contributed by atoms with van der Waals surface area (Å²) in [6, 6.07) is 13.6. The third-order valence-corrected chi connectivity index (χ3v) is 3.84. The molecule has 7 nitrogen and oxygen atoms in total. The van der Waals surface area contributed by atoms with Crippen molar-refractivity contribution in [1.29, 1.82) is 0 Å². The predicted octanol–water partition coefficient (Wildman–Crippen LogP) is 2.32. The molecule has 0 heterocycles. The van der Waals surface area contributed by atoms with Crippen molar-refractivity contribution >= 4 is 34.8 Å². The first-order valence-corrected chi connectivity index (χ1v) is 9.30. The minimum absolute atomic E-state index is 0.0534. The highest BCUT2D eigenvalue weighted by Gasteiger charge is 2.15. The lowest BCUT2D eigenvalue weighted by Gasteiger charge is -2.14. The fraction of sp³-hybridized carbons (Fsp3) is 0.250. The van der Waals surface area contributed by atoms with Gasteiger partial charge in [-0.05, 0) is 42.9 Å². The Morgan fingerprint density at radius 3 is 2.43 bits per heavy atom. The fourth-order valence-corrected chi connectivity index (χ4v) is 2.57. The van der Waals surface area contributed by atoms with Crippen LogP contribution in [0.2, 0.25) is 0 Å². The molecule has 0 unspecified atom stereocenters. The normalized spacial score (nSPS) is 10.1. The van der Waals surface area contributed by atoms with Crippen molar-refractivity contribution in [2.75, 3.05) is 25.1 Å². The van der Waals surface area contributed by atoms with Crippen LogP contribution in [-0.2, 0) is 0 Å². The van der Waals surface area contributed by atoms with Crippen LogP contribution in [0.25, 0.3) is 0 Å². The molecule has 0 radical (unpaired) electrons. The van der Waals surface area contributed by atoms with E-state index in [1.54, 1.807) is 48.5 Å².